The molecule has 2 aromatic carbocycles. The molecule has 0 unspecified atom stereocenters. The molecule has 194 valence electrons. The smallest absolute Gasteiger partial charge is 0.331 e. The van der Waals surface area contributed by atoms with E-state index in [0.717, 1.165) is 12.1 Å². The molecule has 3 rings (SSSR count). The van der Waals surface area contributed by atoms with Gasteiger partial charge in [-0.05, 0) is 0 Å². The zero-order valence-corrected chi connectivity index (χ0v) is 18.1. The van der Waals surface area contributed by atoms with Gasteiger partial charge in [0.2, 0.25) is 0 Å². The monoisotopic (exact) mass is 522 g/mol. The van der Waals surface area contributed by atoms with E-state index in [9.17, 15) is 50.0 Å². The van der Waals surface area contributed by atoms with E-state index in [1.165, 1.54) is 0 Å². The lowest BCUT2D eigenvalue weighted by atomic mass is 10.0. The third kappa shape index (κ3) is 6.17. The Morgan fingerprint density at radius 3 is 1.49 bits per heavy atom. The molecule has 37 heavy (non-hydrogen) atoms. The van der Waals surface area contributed by atoms with Crippen molar-refractivity contribution in [2.75, 3.05) is 13.2 Å². The van der Waals surface area contributed by atoms with Crippen LogP contribution in [0.15, 0.2) is 29.3 Å². The van der Waals surface area contributed by atoms with E-state index in [1.54, 1.807) is 0 Å². The lowest BCUT2D eigenvalue weighted by molar-refractivity contribution is -0.395. The van der Waals surface area contributed by atoms with Crippen LogP contribution < -0.4 is 5.90 Å². The first-order valence-corrected chi connectivity index (χ1v) is 9.54. The maximum atomic E-state index is 11.6. The molecular formula is C18H14N6O13. The predicted molar refractivity (Wildman–Crippen MR) is 119 cm³/mol. The molecule has 2 aromatic rings. The van der Waals surface area contributed by atoms with Crippen LogP contribution in [-0.2, 0) is 14.4 Å². The van der Waals surface area contributed by atoms with Crippen molar-refractivity contribution in [2.45, 2.75) is 6.42 Å². The lowest BCUT2D eigenvalue weighted by Crippen LogP contribution is -2.10. The molecule has 4 N–H and O–H groups in total. The van der Waals surface area contributed by atoms with Crippen LogP contribution in [0.4, 0.5) is 22.7 Å². The highest BCUT2D eigenvalue weighted by Gasteiger charge is 2.41. The summed E-state index contributed by atoms with van der Waals surface area (Å²) in [4.78, 5) is 69.8. The number of rotatable bonds is 9. The van der Waals surface area contributed by atoms with E-state index >= 15 is 0 Å². The van der Waals surface area contributed by atoms with E-state index in [0.29, 0.717) is 12.1 Å². The van der Waals surface area contributed by atoms with Crippen molar-refractivity contribution in [3.05, 3.63) is 75.8 Å². The summed E-state index contributed by atoms with van der Waals surface area (Å²) in [6.45, 7) is -0.809. The Kier molecular flexibility index (Phi) is 8.52. The fraction of sp³-hybridized carbons (Fsp3) is 0.167. The molecule has 1 aliphatic carbocycles. The molecule has 19 heteroatoms. The Bertz CT molecular complexity index is 1290. The van der Waals surface area contributed by atoms with Gasteiger partial charge in [-0.15, -0.1) is 0 Å². The fourth-order valence-corrected chi connectivity index (χ4v) is 3.27. The average Bonchev–Trinajstić information content (AvgIpc) is 3.11. The Balaban J connectivity index is 0.000000717. The molecule has 0 heterocycles. The number of non-ortho nitro benzene ring substituents is 2. The molecule has 19 nitrogen and oxygen atoms in total. The van der Waals surface area contributed by atoms with Crippen LogP contribution in [0.2, 0.25) is 0 Å². The minimum atomic E-state index is -1.24. The number of aliphatic carboxylic acids is 2. The van der Waals surface area contributed by atoms with Gasteiger partial charge in [-0.25, -0.2) is 10.7 Å². The zero-order valence-electron chi connectivity index (χ0n) is 18.1. The van der Waals surface area contributed by atoms with Crippen LogP contribution in [0, 0.1) is 40.5 Å². The lowest BCUT2D eigenvalue weighted by Gasteiger charge is -2.03. The number of nitro benzene ring substituents is 4. The number of carboxylic acid groups (broad SMARTS) is 2. The van der Waals surface area contributed by atoms with E-state index in [2.05, 4.69) is 15.7 Å². The van der Waals surface area contributed by atoms with Crippen molar-refractivity contribution in [3.63, 3.8) is 0 Å². The number of benzene rings is 2. The summed E-state index contributed by atoms with van der Waals surface area (Å²) in [5.74, 6) is 2.05. The maximum absolute atomic E-state index is 11.6. The van der Waals surface area contributed by atoms with Gasteiger partial charge >= 0.3 is 11.9 Å². The molecule has 0 fully saturated rings. The number of nitrogens with zero attached hydrogens (tertiary/aromatic N) is 5. The number of nitrogens with two attached hydrogens (primary N) is 1. The van der Waals surface area contributed by atoms with Crippen LogP contribution in [0.25, 0.3) is 11.1 Å². The van der Waals surface area contributed by atoms with Gasteiger partial charge in [-0.2, -0.15) is 0 Å². The Labute approximate surface area is 203 Å². The number of nitro groups is 4. The molecule has 0 radical (unpaired) electrons. The SMILES string of the molecule is NOCC(=O)O.O=C(O)CCN=C1c2cc([N+](=O)[O-])cc([N+](=O)[O-])c2-c2c1cc([N+](=O)[O-])cc2[N+](=O)[O-]. The number of hydrogen-bond acceptors (Lipinski definition) is 13. The molecule has 0 bridgehead atoms. The standard InChI is InChI=1S/C16H9N5O10.C2H5NO3/c22-13(23)1-2-17-16-9-3-7(18(24)25)5-11(20(28)29)14(9)15-10(16)4-8(19(26)27)6-12(15)21(30)31;3-6-1-2(4)5/h3-6H,1-2H2,(H,22,23);1,3H2,(H,4,5). The highest BCUT2D eigenvalue weighted by molar-refractivity contribution is 6.27. The van der Waals surface area contributed by atoms with Gasteiger partial charge in [0.05, 0.1) is 61.6 Å². The first kappa shape index (κ1) is 27.8. The molecule has 0 atom stereocenters. The Morgan fingerprint density at radius 1 is 0.784 bits per heavy atom. The number of hydrogen-bond donors (Lipinski definition) is 3. The van der Waals surface area contributed by atoms with Crippen LogP contribution >= 0.6 is 0 Å². The topological polar surface area (TPSA) is 295 Å². The van der Waals surface area contributed by atoms with Gasteiger partial charge in [0.15, 0.2) is 6.61 Å². The first-order chi connectivity index (χ1) is 17.3. The fourth-order valence-electron chi connectivity index (χ4n) is 3.27. The van der Waals surface area contributed by atoms with Crippen molar-refractivity contribution in [1.29, 1.82) is 0 Å². The van der Waals surface area contributed by atoms with Crippen LogP contribution in [-0.4, -0.2) is 60.7 Å². The zero-order chi connectivity index (χ0) is 28.0. The molecule has 0 saturated heterocycles. The summed E-state index contributed by atoms with van der Waals surface area (Å²) in [6, 6.07) is 3.04. The van der Waals surface area contributed by atoms with Gasteiger partial charge < -0.3 is 10.2 Å². The second kappa shape index (κ2) is 11.3. The Hall–Kier alpha value is -5.43. The second-order valence-electron chi connectivity index (χ2n) is 6.88. The van der Waals surface area contributed by atoms with Gasteiger partial charge in [-0.1, -0.05) is 0 Å². The van der Waals surface area contributed by atoms with E-state index in [4.69, 9.17) is 10.2 Å². The van der Waals surface area contributed by atoms with Crippen LogP contribution in [0.5, 0.6) is 0 Å². The number of aliphatic imine (C=N–C) groups is 1. The van der Waals surface area contributed by atoms with Gasteiger partial charge in [0.25, 0.3) is 22.7 Å². The number of carboxylic acids is 2. The molecule has 0 aliphatic heterocycles. The summed E-state index contributed by atoms with van der Waals surface area (Å²) in [5.41, 5.74) is -4.50. The van der Waals surface area contributed by atoms with Gasteiger partial charge in [0, 0.05) is 23.3 Å². The minimum Gasteiger partial charge on any atom is -0.481 e. The highest BCUT2D eigenvalue weighted by atomic mass is 16.6. The average molecular weight is 522 g/mol. The quantitative estimate of drug-likeness (QED) is 0.265. The third-order valence-corrected chi connectivity index (χ3v) is 4.58. The van der Waals surface area contributed by atoms with E-state index < -0.39 is 67.4 Å². The molecule has 0 spiro atoms. The molecule has 1 aliphatic rings. The normalized spacial score (nSPS) is 10.9. The molecule has 0 aromatic heterocycles. The van der Waals surface area contributed by atoms with Crippen LogP contribution in [0.1, 0.15) is 17.5 Å². The van der Waals surface area contributed by atoms with E-state index in [-0.39, 0.29) is 34.5 Å². The molecule has 0 saturated carbocycles. The van der Waals surface area contributed by atoms with E-state index in [1.807, 2.05) is 0 Å². The van der Waals surface area contributed by atoms with Gasteiger partial charge in [-0.3, -0.25) is 55.1 Å². The third-order valence-electron chi connectivity index (χ3n) is 4.58. The minimum absolute atomic E-state index is 0.232. The van der Waals surface area contributed by atoms with Crippen molar-refractivity contribution in [1.82, 2.24) is 0 Å². The van der Waals surface area contributed by atoms with Crippen molar-refractivity contribution in [3.8, 4) is 11.1 Å². The summed E-state index contributed by atoms with van der Waals surface area (Å²) >= 11 is 0. The largest absolute Gasteiger partial charge is 0.481 e. The predicted octanol–water partition coefficient (Wildman–Crippen LogP) is 1.57. The maximum Gasteiger partial charge on any atom is 0.331 e. The second-order valence-corrected chi connectivity index (χ2v) is 6.88. The number of fused-ring (bicyclic) bond motifs is 3. The molecular weight excluding hydrogens is 508 g/mol. The highest BCUT2D eigenvalue weighted by Crippen LogP contribution is 2.50. The first-order valence-electron chi connectivity index (χ1n) is 9.54. The van der Waals surface area contributed by atoms with Crippen molar-refractivity contribution >= 4 is 40.4 Å². The van der Waals surface area contributed by atoms with Gasteiger partial charge in [0.1, 0.15) is 0 Å². The molecule has 0 amide bonds. The number of carbonyl (C=O) groups is 2. The van der Waals surface area contributed by atoms with Crippen LogP contribution in [0.3, 0.4) is 0 Å². The summed E-state index contributed by atoms with van der Waals surface area (Å²) in [6.07, 6.45) is -0.484. The summed E-state index contributed by atoms with van der Waals surface area (Å²) in [7, 11) is 0. The van der Waals surface area contributed by atoms with Crippen molar-refractivity contribution in [2.24, 2.45) is 10.9 Å². The Morgan fingerprint density at radius 2 is 1.22 bits per heavy atom. The van der Waals surface area contributed by atoms with Crippen molar-refractivity contribution < 1.29 is 44.3 Å². The summed E-state index contributed by atoms with van der Waals surface area (Å²) in [5, 5.41) is 62.2. The summed E-state index contributed by atoms with van der Waals surface area (Å²) < 4.78 is 0.